The van der Waals surface area contributed by atoms with E-state index in [9.17, 15) is 24.0 Å². The summed E-state index contributed by atoms with van der Waals surface area (Å²) in [6.07, 6.45) is -0.318. The Morgan fingerprint density at radius 1 is 0.280 bits per heavy atom. The van der Waals surface area contributed by atoms with Gasteiger partial charge in [0.2, 0.25) is 23.6 Å². The third kappa shape index (κ3) is 69.2. The summed E-state index contributed by atoms with van der Waals surface area (Å²) in [6.45, 7) is 10.1. The van der Waals surface area contributed by atoms with E-state index in [1.807, 2.05) is 0 Å². The minimum absolute atomic E-state index is 0.0158. The topological polar surface area (TPSA) is 475 Å². The molecular weight excluding hydrogens is 1240 g/mol. The number of carbonyl (C=O) groups is 5. The van der Waals surface area contributed by atoms with Crippen LogP contribution in [0.1, 0.15) is 32.1 Å². The Labute approximate surface area is 543 Å². The molecule has 0 heterocycles. The summed E-state index contributed by atoms with van der Waals surface area (Å²) in [5.74, 6) is -2.36. The molecule has 5 N–H and O–H groups in total. The van der Waals surface area contributed by atoms with Crippen LogP contribution in [-0.2, 0) is 114 Å². The molecule has 0 aliphatic heterocycles. The monoisotopic (exact) mass is 1350 g/mol. The molecule has 0 aliphatic rings. The van der Waals surface area contributed by atoms with E-state index in [0.717, 1.165) is 0 Å². The zero-order chi connectivity index (χ0) is 67.5. The third-order valence-corrected chi connectivity index (χ3v) is 11.3. The Hall–Kier alpha value is -5.48. The number of amides is 4. The van der Waals surface area contributed by atoms with Gasteiger partial charge in [0.15, 0.2) is 0 Å². The van der Waals surface area contributed by atoms with Crippen molar-refractivity contribution in [2.24, 2.45) is 15.3 Å². The summed E-state index contributed by atoms with van der Waals surface area (Å²) in [7, 11) is 0. The van der Waals surface area contributed by atoms with Crippen molar-refractivity contribution < 1.29 is 119 Å². The van der Waals surface area contributed by atoms with Crippen molar-refractivity contribution in [2.45, 2.75) is 37.6 Å². The first-order chi connectivity index (χ1) is 45.7. The highest BCUT2D eigenvalue weighted by Crippen LogP contribution is 2.12. The lowest BCUT2D eigenvalue weighted by molar-refractivity contribution is -0.138. The molecule has 0 aromatic heterocycles. The Kier molecular flexibility index (Phi) is 68.1. The molecular formula is C55H103N13O25. The molecule has 0 aliphatic carbocycles. The molecule has 0 bridgehead atoms. The third-order valence-electron chi connectivity index (χ3n) is 11.3. The highest BCUT2D eigenvalue weighted by atomic mass is 16.6. The lowest BCUT2D eigenvalue weighted by Crippen LogP contribution is -2.59. The highest BCUT2D eigenvalue weighted by Gasteiger charge is 2.34. The number of nitrogens with one attached hydrogen (secondary N) is 4. The Morgan fingerprint density at radius 2 is 0.484 bits per heavy atom. The van der Waals surface area contributed by atoms with Crippen LogP contribution in [0.25, 0.3) is 31.3 Å². The van der Waals surface area contributed by atoms with Gasteiger partial charge in [-0.1, -0.05) is 15.3 Å². The fraction of sp³-hybridized carbons (Fsp3) is 0.909. The maximum absolute atomic E-state index is 13.6. The van der Waals surface area contributed by atoms with Crippen molar-refractivity contribution in [3.8, 4) is 0 Å². The molecule has 0 unspecified atom stereocenters. The molecule has 538 valence electrons. The maximum atomic E-state index is 13.6. The number of aliphatic carboxylic acids is 1. The molecule has 0 radical (unpaired) electrons. The first kappa shape index (κ1) is 87.5. The van der Waals surface area contributed by atoms with Gasteiger partial charge in [0.05, 0.1) is 257 Å². The van der Waals surface area contributed by atoms with E-state index in [-0.39, 0.29) is 201 Å². The Balaban J connectivity index is 5.37. The number of hydrogen-bond acceptors (Lipinski definition) is 27. The first-order valence-electron chi connectivity index (χ1n) is 31.0. The van der Waals surface area contributed by atoms with Gasteiger partial charge in [-0.15, -0.1) is 0 Å². The number of carbonyl (C=O) groups excluding carboxylic acids is 4. The summed E-state index contributed by atoms with van der Waals surface area (Å²) in [6, 6.07) is 0. The van der Waals surface area contributed by atoms with Gasteiger partial charge >= 0.3 is 5.97 Å². The van der Waals surface area contributed by atoms with Gasteiger partial charge in [-0.25, -0.2) is 0 Å². The molecule has 38 heteroatoms. The summed E-state index contributed by atoms with van der Waals surface area (Å²) in [5, 5.41) is 30.1. The lowest BCUT2D eigenvalue weighted by Gasteiger charge is -2.34. The summed E-state index contributed by atoms with van der Waals surface area (Å²) < 4.78 is 105. The molecule has 4 amide bonds. The molecule has 0 rings (SSSR count). The number of ether oxygens (including phenoxy) is 19. The zero-order valence-corrected chi connectivity index (χ0v) is 53.9. The average Bonchev–Trinajstić information content (AvgIpc) is 1.62. The minimum Gasteiger partial charge on any atom is -0.481 e. The summed E-state index contributed by atoms with van der Waals surface area (Å²) in [5.41, 5.74) is 23.4. The van der Waals surface area contributed by atoms with E-state index < -0.39 is 17.4 Å². The Morgan fingerprint density at radius 3 is 0.731 bits per heavy atom. The van der Waals surface area contributed by atoms with Gasteiger partial charge in [0.25, 0.3) is 0 Å². The smallest absolute Gasteiger partial charge is 0.305 e. The molecule has 0 saturated heterocycles. The SMILES string of the molecule is [N-]=[N+]=NCCOCCOCCOCCOCCNC(=O)CCOCC(COCCC(=O)NCCOCCOCCOCCOCCN=[N+]=[N-])(COCCC(=O)NCCOCCOCCOCCOCCN=[N+]=[N-])NC(=O)CCOCCOCCOCCOCCC(=O)O. The van der Waals surface area contributed by atoms with Crippen LogP contribution in [0, 0.1) is 0 Å². The fourth-order valence-corrected chi connectivity index (χ4v) is 6.76. The quantitative estimate of drug-likeness (QED) is 0.0239. The molecule has 0 aromatic rings. The van der Waals surface area contributed by atoms with Crippen molar-refractivity contribution in [1.29, 1.82) is 0 Å². The van der Waals surface area contributed by atoms with Gasteiger partial charge in [0.1, 0.15) is 5.54 Å². The number of nitrogens with zero attached hydrogens (tertiary/aromatic N) is 9. The summed E-state index contributed by atoms with van der Waals surface area (Å²) >= 11 is 0. The van der Waals surface area contributed by atoms with Crippen molar-refractivity contribution >= 4 is 29.6 Å². The van der Waals surface area contributed by atoms with Gasteiger partial charge in [-0.2, -0.15) is 0 Å². The van der Waals surface area contributed by atoms with E-state index in [0.29, 0.717) is 139 Å². The standard InChI is InChI=1S/C55H103N13O25/c56-66-62-9-20-80-28-36-88-44-41-85-33-25-77-17-6-59-50(69)1-13-91-47-55(65-53(72)4-12-75-23-31-83-39-40-84-32-24-76-16-5-54(73)74,48-92-14-2-51(70)60-7-18-78-26-34-86-42-45-89-37-29-81-21-10-63-67-57)49-93-15-3-52(71)61-8-19-79-27-35-87-43-46-90-38-30-82-22-11-64-68-58/h1-49H2,(H,59,69)(H,60,70)(H,61,71)(H,65,72)(H,73,74). The minimum atomic E-state index is -1.38. The number of rotatable bonds is 76. The molecule has 0 fully saturated rings. The van der Waals surface area contributed by atoms with Crippen LogP contribution < -0.4 is 21.3 Å². The van der Waals surface area contributed by atoms with Gasteiger partial charge in [0, 0.05) is 79.7 Å². The van der Waals surface area contributed by atoms with Gasteiger partial charge < -0.3 is 116 Å². The van der Waals surface area contributed by atoms with Gasteiger partial charge in [-0.05, 0) is 16.6 Å². The van der Waals surface area contributed by atoms with Crippen LogP contribution in [0.4, 0.5) is 0 Å². The number of carboxylic acids is 1. The largest absolute Gasteiger partial charge is 0.481 e. The zero-order valence-electron chi connectivity index (χ0n) is 53.9. The van der Waals surface area contributed by atoms with Crippen LogP contribution in [0.3, 0.4) is 0 Å². The van der Waals surface area contributed by atoms with Gasteiger partial charge in [-0.3, -0.25) is 24.0 Å². The fourth-order valence-electron chi connectivity index (χ4n) is 6.76. The van der Waals surface area contributed by atoms with Crippen molar-refractivity contribution in [1.82, 2.24) is 21.3 Å². The molecule has 0 saturated carbocycles. The lowest BCUT2D eigenvalue weighted by atomic mass is 10.0. The van der Waals surface area contributed by atoms with E-state index in [2.05, 4.69) is 51.3 Å². The van der Waals surface area contributed by atoms with Crippen LogP contribution >= 0.6 is 0 Å². The van der Waals surface area contributed by atoms with Crippen LogP contribution in [0.15, 0.2) is 15.3 Å². The molecule has 0 atom stereocenters. The van der Waals surface area contributed by atoms with Crippen LogP contribution in [0.2, 0.25) is 0 Å². The summed E-state index contributed by atoms with van der Waals surface area (Å²) in [4.78, 5) is 70.6. The predicted molar refractivity (Wildman–Crippen MR) is 328 cm³/mol. The highest BCUT2D eigenvalue weighted by molar-refractivity contribution is 5.77. The first-order valence-corrected chi connectivity index (χ1v) is 31.0. The molecule has 0 spiro atoms. The second-order valence-corrected chi connectivity index (χ2v) is 18.8. The predicted octanol–water partition coefficient (Wildman–Crippen LogP) is 0.471. The second-order valence-electron chi connectivity index (χ2n) is 18.8. The van der Waals surface area contributed by atoms with Crippen LogP contribution in [0.5, 0.6) is 0 Å². The van der Waals surface area contributed by atoms with Crippen LogP contribution in [-0.4, -0.2) is 331 Å². The van der Waals surface area contributed by atoms with E-state index in [1.165, 1.54) is 0 Å². The number of azide groups is 3. The second kappa shape index (κ2) is 72.4. The van der Waals surface area contributed by atoms with Crippen molar-refractivity contribution in [2.75, 3.05) is 290 Å². The van der Waals surface area contributed by atoms with Crippen molar-refractivity contribution in [3.63, 3.8) is 0 Å². The Bertz CT molecular complexity index is 1770. The molecule has 38 nitrogen and oxygen atoms in total. The van der Waals surface area contributed by atoms with E-state index in [4.69, 9.17) is 112 Å². The van der Waals surface area contributed by atoms with Crippen molar-refractivity contribution in [3.05, 3.63) is 31.3 Å². The normalized spacial score (nSPS) is 11.7. The van der Waals surface area contributed by atoms with E-state index in [1.54, 1.807) is 0 Å². The average molecular weight is 1350 g/mol. The maximum Gasteiger partial charge on any atom is 0.305 e. The molecule has 93 heavy (non-hydrogen) atoms. The number of carboxylic acid groups (broad SMARTS) is 1. The molecule has 0 aromatic carbocycles. The number of hydrogen-bond donors (Lipinski definition) is 5. The van der Waals surface area contributed by atoms with E-state index >= 15 is 0 Å².